The zero-order chi connectivity index (χ0) is 19.2. The lowest BCUT2D eigenvalue weighted by molar-refractivity contribution is 0.285. The highest BCUT2D eigenvalue weighted by Crippen LogP contribution is 2.30. The number of halogens is 1. The van der Waals surface area contributed by atoms with Gasteiger partial charge in [0, 0.05) is 35.1 Å². The van der Waals surface area contributed by atoms with Crippen LogP contribution in [-0.2, 0) is 25.1 Å². The quantitative estimate of drug-likeness (QED) is 0.481. The van der Waals surface area contributed by atoms with Crippen molar-refractivity contribution in [1.82, 2.24) is 14.5 Å². The number of aromatic nitrogens is 2. The van der Waals surface area contributed by atoms with Crippen molar-refractivity contribution in [3.8, 4) is 0 Å². The summed E-state index contributed by atoms with van der Waals surface area (Å²) in [5.74, 6) is 0.781. The highest BCUT2D eigenvalue weighted by Gasteiger charge is 2.20. The van der Waals surface area contributed by atoms with E-state index < -0.39 is 0 Å². The fourth-order valence-corrected chi connectivity index (χ4v) is 4.89. The van der Waals surface area contributed by atoms with Gasteiger partial charge in [-0.3, -0.25) is 4.57 Å². The lowest BCUT2D eigenvalue weighted by Crippen LogP contribution is -2.35. The van der Waals surface area contributed by atoms with Crippen LogP contribution in [0.4, 0.5) is 0 Å². The molecule has 3 rings (SSSR count). The molecule has 0 atom stereocenters. The van der Waals surface area contributed by atoms with Gasteiger partial charge >= 0.3 is 5.69 Å². The maximum absolute atomic E-state index is 12.8. The minimum absolute atomic E-state index is 0.101. The number of likely N-dealkylation sites (N-methyl/N-ethyl adjacent to an activating group) is 1. The van der Waals surface area contributed by atoms with Crippen molar-refractivity contribution in [3.05, 3.63) is 56.6 Å². The second-order valence-corrected chi connectivity index (χ2v) is 8.33. The predicted molar refractivity (Wildman–Crippen MR) is 114 cm³/mol. The van der Waals surface area contributed by atoms with E-state index in [1.165, 1.54) is 17.7 Å². The van der Waals surface area contributed by atoms with Gasteiger partial charge in [0.1, 0.15) is 5.03 Å². The zero-order valence-electron chi connectivity index (χ0n) is 16.2. The van der Waals surface area contributed by atoms with Crippen LogP contribution in [-0.4, -0.2) is 34.1 Å². The molecule has 1 aliphatic carbocycles. The minimum Gasteiger partial charge on any atom is -0.302 e. The third-order valence-corrected chi connectivity index (χ3v) is 6.57. The Hall–Kier alpha value is -1.30. The molecule has 1 aromatic heterocycles. The Labute approximate surface area is 170 Å². The monoisotopic (exact) mass is 405 g/mol. The van der Waals surface area contributed by atoms with Gasteiger partial charge < -0.3 is 4.90 Å². The normalized spacial score (nSPS) is 13.8. The number of rotatable bonds is 8. The van der Waals surface area contributed by atoms with Crippen LogP contribution in [0.15, 0.2) is 34.1 Å². The van der Waals surface area contributed by atoms with Gasteiger partial charge in [-0.15, -0.1) is 11.8 Å². The van der Waals surface area contributed by atoms with Crippen LogP contribution in [0.5, 0.6) is 0 Å². The number of nitrogens with zero attached hydrogens (tertiary/aromatic N) is 3. The van der Waals surface area contributed by atoms with E-state index in [4.69, 9.17) is 11.6 Å². The third-order valence-electron chi connectivity index (χ3n) is 5.25. The van der Waals surface area contributed by atoms with Crippen LogP contribution in [0, 0.1) is 0 Å². The summed E-state index contributed by atoms with van der Waals surface area (Å²) in [6.07, 6.45) is 4.33. The summed E-state index contributed by atoms with van der Waals surface area (Å²) in [7, 11) is 0. The van der Waals surface area contributed by atoms with Crippen molar-refractivity contribution in [2.24, 2.45) is 0 Å². The van der Waals surface area contributed by atoms with Crippen LogP contribution >= 0.6 is 23.4 Å². The van der Waals surface area contributed by atoms with Gasteiger partial charge in [-0.05, 0) is 56.5 Å². The molecule has 0 bridgehead atoms. The summed E-state index contributed by atoms with van der Waals surface area (Å²) in [6, 6.07) is 7.89. The molecule has 0 spiro atoms. The smallest absolute Gasteiger partial charge is 0.302 e. The molecule has 4 nitrogen and oxygen atoms in total. The van der Waals surface area contributed by atoms with E-state index in [1.807, 2.05) is 22.8 Å². The average Bonchev–Trinajstić information content (AvgIpc) is 2.68. The van der Waals surface area contributed by atoms with Crippen molar-refractivity contribution < 1.29 is 0 Å². The summed E-state index contributed by atoms with van der Waals surface area (Å²) in [6.45, 7) is 7.97. The molecular formula is C21H28ClN3OS. The van der Waals surface area contributed by atoms with Gasteiger partial charge in [0.05, 0.1) is 0 Å². The molecule has 27 heavy (non-hydrogen) atoms. The van der Waals surface area contributed by atoms with E-state index in [9.17, 15) is 4.79 Å². The predicted octanol–water partition coefficient (Wildman–Crippen LogP) is 4.41. The fraction of sp³-hybridized carbons (Fsp3) is 0.524. The van der Waals surface area contributed by atoms with E-state index in [0.717, 1.165) is 66.8 Å². The summed E-state index contributed by atoms with van der Waals surface area (Å²) in [5, 5.41) is 1.66. The molecule has 1 aromatic carbocycles. The number of hydrogen-bond acceptors (Lipinski definition) is 4. The first kappa shape index (κ1) is 20.4. The molecule has 0 unspecified atom stereocenters. The second-order valence-electron chi connectivity index (χ2n) is 6.93. The molecule has 0 fully saturated rings. The summed E-state index contributed by atoms with van der Waals surface area (Å²) < 4.78 is 1.93. The Morgan fingerprint density at radius 2 is 2.00 bits per heavy atom. The lowest BCUT2D eigenvalue weighted by atomic mass is 9.97. The van der Waals surface area contributed by atoms with Crippen LogP contribution in [0.3, 0.4) is 0 Å². The van der Waals surface area contributed by atoms with Crippen LogP contribution < -0.4 is 5.69 Å². The van der Waals surface area contributed by atoms with Gasteiger partial charge in [-0.1, -0.05) is 37.6 Å². The Morgan fingerprint density at radius 3 is 2.74 bits per heavy atom. The number of thioether (sulfide) groups is 1. The van der Waals surface area contributed by atoms with Gasteiger partial charge in [-0.25, -0.2) is 4.79 Å². The first-order valence-corrected chi connectivity index (χ1v) is 11.2. The molecule has 0 N–H and O–H groups in total. The van der Waals surface area contributed by atoms with Gasteiger partial charge in [-0.2, -0.15) is 4.98 Å². The average molecular weight is 406 g/mol. The van der Waals surface area contributed by atoms with E-state index in [-0.39, 0.29) is 5.69 Å². The van der Waals surface area contributed by atoms with E-state index >= 15 is 0 Å². The first-order valence-electron chi connectivity index (χ1n) is 9.84. The maximum Gasteiger partial charge on any atom is 0.348 e. The van der Waals surface area contributed by atoms with Crippen LogP contribution in [0.2, 0.25) is 5.02 Å². The molecule has 2 aromatic rings. The van der Waals surface area contributed by atoms with E-state index in [1.54, 1.807) is 11.8 Å². The van der Waals surface area contributed by atoms with Crippen molar-refractivity contribution in [3.63, 3.8) is 0 Å². The Morgan fingerprint density at radius 1 is 1.22 bits per heavy atom. The van der Waals surface area contributed by atoms with E-state index in [0.29, 0.717) is 0 Å². The molecule has 1 heterocycles. The van der Waals surface area contributed by atoms with Gasteiger partial charge in [0.15, 0.2) is 0 Å². The molecule has 0 radical (unpaired) electrons. The zero-order valence-corrected chi connectivity index (χ0v) is 17.8. The molecular weight excluding hydrogens is 378 g/mol. The van der Waals surface area contributed by atoms with Crippen molar-refractivity contribution >= 4 is 23.4 Å². The first-order chi connectivity index (χ1) is 13.1. The van der Waals surface area contributed by atoms with Crippen molar-refractivity contribution in [2.45, 2.75) is 56.9 Å². The van der Waals surface area contributed by atoms with E-state index in [2.05, 4.69) is 29.8 Å². The third kappa shape index (κ3) is 5.15. The van der Waals surface area contributed by atoms with Gasteiger partial charge in [0.2, 0.25) is 0 Å². The standard InChI is InChI=1S/C21H28ClN3OS/c1-3-24(4-2)12-13-25-19-11-6-5-10-18(19)20(23-21(25)26)27-15-16-8-7-9-17(22)14-16/h7-9,14H,3-6,10-13,15H2,1-2H3. The Bertz CT molecular complexity index is 833. The summed E-state index contributed by atoms with van der Waals surface area (Å²) in [5.41, 5.74) is 3.55. The fourth-order valence-electron chi connectivity index (χ4n) is 3.66. The Kier molecular flexibility index (Phi) is 7.39. The van der Waals surface area contributed by atoms with Crippen LogP contribution in [0.25, 0.3) is 0 Å². The van der Waals surface area contributed by atoms with Crippen molar-refractivity contribution in [2.75, 3.05) is 19.6 Å². The largest absolute Gasteiger partial charge is 0.348 e. The number of benzene rings is 1. The Balaban J connectivity index is 1.83. The maximum atomic E-state index is 12.8. The summed E-state index contributed by atoms with van der Waals surface area (Å²) in [4.78, 5) is 19.6. The molecule has 0 amide bonds. The molecule has 1 aliphatic rings. The second kappa shape index (κ2) is 9.76. The SMILES string of the molecule is CCN(CC)CCn1c2c(c(SCc3cccc(Cl)c3)nc1=O)CCCC2. The molecule has 0 saturated heterocycles. The molecule has 146 valence electrons. The highest BCUT2D eigenvalue weighted by atomic mass is 35.5. The number of fused-ring (bicyclic) bond motifs is 1. The van der Waals surface area contributed by atoms with Crippen molar-refractivity contribution in [1.29, 1.82) is 0 Å². The number of hydrogen-bond donors (Lipinski definition) is 0. The molecule has 0 aliphatic heterocycles. The van der Waals surface area contributed by atoms with Crippen LogP contribution in [0.1, 0.15) is 43.5 Å². The molecule has 6 heteroatoms. The molecule has 0 saturated carbocycles. The minimum atomic E-state index is -0.101. The lowest BCUT2D eigenvalue weighted by Gasteiger charge is -2.25. The highest BCUT2D eigenvalue weighted by molar-refractivity contribution is 7.98. The summed E-state index contributed by atoms with van der Waals surface area (Å²) >= 11 is 7.75. The topological polar surface area (TPSA) is 38.1 Å². The van der Waals surface area contributed by atoms with Gasteiger partial charge in [0.25, 0.3) is 0 Å².